The highest BCUT2D eigenvalue weighted by molar-refractivity contribution is 5.78. The quantitative estimate of drug-likeness (QED) is 0.811. The molecular weight excluding hydrogens is 294 g/mol. The van der Waals surface area contributed by atoms with Gasteiger partial charge in [0.15, 0.2) is 5.82 Å². The van der Waals surface area contributed by atoms with Crippen molar-refractivity contribution < 1.29 is 4.79 Å². The van der Waals surface area contributed by atoms with Gasteiger partial charge in [0.1, 0.15) is 0 Å². The van der Waals surface area contributed by atoms with Gasteiger partial charge in [-0.05, 0) is 39.8 Å². The largest absolute Gasteiger partial charge is 0.368 e. The van der Waals surface area contributed by atoms with Gasteiger partial charge < -0.3 is 16.0 Å². The maximum atomic E-state index is 11.9. The molecule has 8 nitrogen and oxygen atoms in total. The summed E-state index contributed by atoms with van der Waals surface area (Å²) in [5.74, 6) is 1.76. The Bertz CT molecular complexity index is 541. The minimum atomic E-state index is 0.0502. The Morgan fingerprint density at radius 3 is 2.57 bits per heavy atom. The smallest absolute Gasteiger partial charge is 0.229 e. The first-order valence-corrected chi connectivity index (χ1v) is 8.12. The Kier molecular flexibility index (Phi) is 5.70. The van der Waals surface area contributed by atoms with E-state index >= 15 is 0 Å². The van der Waals surface area contributed by atoms with E-state index in [2.05, 4.69) is 32.1 Å². The number of piperidine rings is 1. The van der Waals surface area contributed by atoms with Crippen molar-refractivity contribution in [3.63, 3.8) is 0 Å². The molecular formula is C15H27N7O. The average molecular weight is 321 g/mol. The molecule has 2 rings (SSSR count). The summed E-state index contributed by atoms with van der Waals surface area (Å²) >= 11 is 0. The Morgan fingerprint density at radius 1 is 1.35 bits per heavy atom. The highest BCUT2D eigenvalue weighted by Crippen LogP contribution is 2.25. The minimum Gasteiger partial charge on any atom is -0.368 e. The standard InChI is InChI=1S/C15H27N7O/c1-5-17-13(23)11-6-8-22(9-7-11)10(2)12-18-14(16)20-15(19-12)21(3)4/h10-11H,5-9H2,1-4H3,(H,17,23)(H2,16,18,19,20)/t10-/m0/s1. The number of nitrogens with zero attached hydrogens (tertiary/aromatic N) is 5. The minimum absolute atomic E-state index is 0.0502. The lowest BCUT2D eigenvalue weighted by Gasteiger charge is -2.34. The van der Waals surface area contributed by atoms with E-state index in [1.807, 2.05) is 25.9 Å². The fourth-order valence-corrected chi connectivity index (χ4v) is 2.81. The van der Waals surface area contributed by atoms with Crippen LogP contribution in [0.5, 0.6) is 0 Å². The molecule has 128 valence electrons. The van der Waals surface area contributed by atoms with E-state index in [9.17, 15) is 4.79 Å². The lowest BCUT2D eigenvalue weighted by atomic mass is 9.95. The van der Waals surface area contributed by atoms with Crippen LogP contribution in [0.25, 0.3) is 0 Å². The molecule has 0 radical (unpaired) electrons. The SMILES string of the molecule is CCNC(=O)C1CCN([C@@H](C)c2nc(N)nc(N(C)C)n2)CC1. The van der Waals surface area contributed by atoms with Crippen LogP contribution >= 0.6 is 0 Å². The van der Waals surface area contributed by atoms with Gasteiger partial charge in [-0.25, -0.2) is 0 Å². The second-order valence-electron chi connectivity index (χ2n) is 6.13. The molecule has 1 fully saturated rings. The Morgan fingerprint density at radius 2 is 2.00 bits per heavy atom. The first-order chi connectivity index (χ1) is 10.9. The van der Waals surface area contributed by atoms with Gasteiger partial charge >= 0.3 is 0 Å². The van der Waals surface area contributed by atoms with Gasteiger partial charge in [-0.3, -0.25) is 9.69 Å². The van der Waals surface area contributed by atoms with Crippen molar-refractivity contribution in [1.82, 2.24) is 25.2 Å². The zero-order chi connectivity index (χ0) is 17.0. The first-order valence-electron chi connectivity index (χ1n) is 8.12. The fourth-order valence-electron chi connectivity index (χ4n) is 2.81. The van der Waals surface area contributed by atoms with Gasteiger partial charge in [-0.15, -0.1) is 0 Å². The van der Waals surface area contributed by atoms with Crippen LogP contribution < -0.4 is 16.0 Å². The van der Waals surface area contributed by atoms with Crippen LogP contribution in [0.2, 0.25) is 0 Å². The molecule has 1 aliphatic rings. The fraction of sp³-hybridized carbons (Fsp3) is 0.733. The van der Waals surface area contributed by atoms with Crippen LogP contribution in [0.4, 0.5) is 11.9 Å². The molecule has 0 unspecified atom stereocenters. The number of nitrogens with one attached hydrogen (secondary N) is 1. The molecule has 1 aromatic rings. The second kappa shape index (κ2) is 7.54. The molecule has 0 aliphatic carbocycles. The van der Waals surface area contributed by atoms with Gasteiger partial charge in [0.2, 0.25) is 17.8 Å². The summed E-state index contributed by atoms with van der Waals surface area (Å²) in [7, 11) is 3.75. The van der Waals surface area contributed by atoms with E-state index in [-0.39, 0.29) is 23.8 Å². The van der Waals surface area contributed by atoms with Crippen LogP contribution in [0.3, 0.4) is 0 Å². The van der Waals surface area contributed by atoms with E-state index in [4.69, 9.17) is 5.73 Å². The first kappa shape index (κ1) is 17.4. The van der Waals surface area contributed by atoms with Crippen molar-refractivity contribution in [2.24, 2.45) is 5.92 Å². The molecule has 8 heteroatoms. The number of amides is 1. The molecule has 0 saturated carbocycles. The Hall–Kier alpha value is -1.96. The van der Waals surface area contributed by atoms with Gasteiger partial charge in [0.25, 0.3) is 0 Å². The summed E-state index contributed by atoms with van der Waals surface area (Å²) < 4.78 is 0. The highest BCUT2D eigenvalue weighted by atomic mass is 16.1. The molecule has 1 amide bonds. The van der Waals surface area contributed by atoms with Crippen LogP contribution in [-0.4, -0.2) is 59.5 Å². The van der Waals surface area contributed by atoms with Crippen LogP contribution in [0.1, 0.15) is 38.6 Å². The number of anilines is 2. The van der Waals surface area contributed by atoms with Crippen molar-refractivity contribution in [1.29, 1.82) is 0 Å². The summed E-state index contributed by atoms with van der Waals surface area (Å²) in [5, 5.41) is 2.91. The maximum Gasteiger partial charge on any atom is 0.229 e. The molecule has 1 atom stereocenters. The van der Waals surface area contributed by atoms with E-state index in [0.717, 1.165) is 25.9 Å². The molecule has 23 heavy (non-hydrogen) atoms. The number of likely N-dealkylation sites (tertiary alicyclic amines) is 1. The zero-order valence-corrected chi connectivity index (χ0v) is 14.4. The molecule has 2 heterocycles. The molecule has 0 spiro atoms. The monoisotopic (exact) mass is 321 g/mol. The van der Waals surface area contributed by atoms with Crippen molar-refractivity contribution in [2.45, 2.75) is 32.7 Å². The zero-order valence-electron chi connectivity index (χ0n) is 14.4. The maximum absolute atomic E-state index is 11.9. The van der Waals surface area contributed by atoms with Crippen LogP contribution in [0, 0.1) is 5.92 Å². The predicted octanol–water partition coefficient (Wildman–Crippen LogP) is 0.429. The number of aromatic nitrogens is 3. The predicted molar refractivity (Wildman–Crippen MR) is 90.0 cm³/mol. The summed E-state index contributed by atoms with van der Waals surface area (Å²) in [6.45, 7) is 6.41. The summed E-state index contributed by atoms with van der Waals surface area (Å²) in [6.07, 6.45) is 1.72. The number of carbonyl (C=O) groups is 1. The number of hydrogen-bond acceptors (Lipinski definition) is 7. The van der Waals surface area contributed by atoms with Gasteiger partial charge in [-0.1, -0.05) is 0 Å². The number of rotatable bonds is 5. The second-order valence-corrected chi connectivity index (χ2v) is 6.13. The summed E-state index contributed by atoms with van der Waals surface area (Å²) in [4.78, 5) is 28.9. The third kappa shape index (κ3) is 4.28. The van der Waals surface area contributed by atoms with E-state index in [0.29, 0.717) is 18.3 Å². The number of hydrogen-bond donors (Lipinski definition) is 2. The van der Waals surface area contributed by atoms with Gasteiger partial charge in [0, 0.05) is 26.6 Å². The summed E-state index contributed by atoms with van der Waals surface area (Å²) in [5.41, 5.74) is 5.80. The van der Waals surface area contributed by atoms with Gasteiger partial charge in [-0.2, -0.15) is 15.0 Å². The molecule has 0 bridgehead atoms. The van der Waals surface area contributed by atoms with Gasteiger partial charge in [0.05, 0.1) is 6.04 Å². The molecule has 1 saturated heterocycles. The molecule has 1 aromatic heterocycles. The van der Waals surface area contributed by atoms with E-state index in [1.165, 1.54) is 0 Å². The Balaban J connectivity index is 2.02. The summed E-state index contributed by atoms with van der Waals surface area (Å²) in [6, 6.07) is 0.0502. The number of nitrogen functional groups attached to an aromatic ring is 1. The number of carbonyl (C=O) groups excluding carboxylic acids is 1. The van der Waals surface area contributed by atoms with Crippen LogP contribution in [-0.2, 0) is 4.79 Å². The van der Waals surface area contributed by atoms with Crippen LogP contribution in [0.15, 0.2) is 0 Å². The third-order valence-corrected chi connectivity index (χ3v) is 4.23. The van der Waals surface area contributed by atoms with Crippen molar-refractivity contribution in [2.75, 3.05) is 44.4 Å². The number of nitrogens with two attached hydrogens (primary N) is 1. The topological polar surface area (TPSA) is 100 Å². The molecule has 0 aromatic carbocycles. The van der Waals surface area contributed by atoms with E-state index in [1.54, 1.807) is 0 Å². The third-order valence-electron chi connectivity index (χ3n) is 4.23. The normalized spacial score (nSPS) is 17.7. The van der Waals surface area contributed by atoms with Crippen molar-refractivity contribution >= 4 is 17.8 Å². The average Bonchev–Trinajstić information content (AvgIpc) is 2.54. The van der Waals surface area contributed by atoms with Crippen molar-refractivity contribution in [3.05, 3.63) is 5.82 Å². The van der Waals surface area contributed by atoms with E-state index < -0.39 is 0 Å². The molecule has 3 N–H and O–H groups in total. The van der Waals surface area contributed by atoms with Crippen molar-refractivity contribution in [3.8, 4) is 0 Å². The highest BCUT2D eigenvalue weighted by Gasteiger charge is 2.28. The lowest BCUT2D eigenvalue weighted by molar-refractivity contribution is -0.126. The molecule has 1 aliphatic heterocycles. The lowest BCUT2D eigenvalue weighted by Crippen LogP contribution is -2.41. The Labute approximate surface area is 137 Å².